The van der Waals surface area contributed by atoms with E-state index >= 15 is 0 Å². The Balaban J connectivity index is 2.48. The first-order valence-electron chi connectivity index (χ1n) is 4.71. The number of hydrogen-bond donors (Lipinski definition) is 3. The smallest absolute Gasteiger partial charge is 0.138 e. The molecule has 0 aliphatic rings. The third-order valence-electron chi connectivity index (χ3n) is 2.16. The molecule has 0 spiro atoms. The summed E-state index contributed by atoms with van der Waals surface area (Å²) < 4.78 is 1.47. The van der Waals surface area contributed by atoms with Crippen LogP contribution >= 0.6 is 0 Å². The van der Waals surface area contributed by atoms with Gasteiger partial charge < -0.3 is 5.73 Å². The van der Waals surface area contributed by atoms with Crippen LogP contribution < -0.4 is 11.2 Å². The lowest BCUT2D eigenvalue weighted by molar-refractivity contribution is 0.964. The minimum Gasteiger partial charge on any atom is -0.384 e. The fourth-order valence-electron chi connectivity index (χ4n) is 1.37. The molecule has 4 N–H and O–H groups in total. The summed E-state index contributed by atoms with van der Waals surface area (Å²) in [5, 5.41) is 15.6. The van der Waals surface area contributed by atoms with Gasteiger partial charge in [-0.25, -0.2) is 4.98 Å². The molecule has 0 amide bonds. The third kappa shape index (κ3) is 1.83. The van der Waals surface area contributed by atoms with Gasteiger partial charge in [0.05, 0.1) is 0 Å². The average Bonchev–Trinajstić information content (AvgIpc) is 2.29. The maximum atomic E-state index is 7.97. The quantitative estimate of drug-likeness (QED) is 0.483. The molecule has 80 valence electrons. The van der Waals surface area contributed by atoms with Crippen molar-refractivity contribution < 1.29 is 0 Å². The van der Waals surface area contributed by atoms with Crippen molar-refractivity contribution in [3.63, 3.8) is 0 Å². The van der Waals surface area contributed by atoms with Crippen molar-refractivity contribution in [3.05, 3.63) is 53.8 Å². The van der Waals surface area contributed by atoms with Crippen LogP contribution in [0.2, 0.25) is 0 Å². The van der Waals surface area contributed by atoms with E-state index in [0.29, 0.717) is 11.4 Å². The van der Waals surface area contributed by atoms with Crippen LogP contribution in [0.5, 0.6) is 0 Å². The molecule has 5 heteroatoms. The van der Waals surface area contributed by atoms with E-state index in [4.69, 9.17) is 16.6 Å². The van der Waals surface area contributed by atoms with Gasteiger partial charge in [-0.3, -0.25) is 15.4 Å². The second kappa shape index (κ2) is 3.98. The zero-order valence-corrected chi connectivity index (χ0v) is 8.51. The summed E-state index contributed by atoms with van der Waals surface area (Å²) in [7, 11) is 0. The van der Waals surface area contributed by atoms with Gasteiger partial charge in [0.2, 0.25) is 0 Å². The van der Waals surface area contributed by atoms with Gasteiger partial charge in [0, 0.05) is 18.0 Å². The van der Waals surface area contributed by atoms with E-state index in [1.807, 2.05) is 0 Å². The van der Waals surface area contributed by atoms with Crippen LogP contribution in [0.3, 0.4) is 0 Å². The lowest BCUT2D eigenvalue weighted by Crippen LogP contribution is -2.25. The lowest BCUT2D eigenvalue weighted by Gasteiger charge is -2.08. The topological polar surface area (TPSA) is 91.5 Å². The van der Waals surface area contributed by atoms with Gasteiger partial charge in [-0.1, -0.05) is 6.07 Å². The molecule has 2 rings (SSSR count). The summed E-state index contributed by atoms with van der Waals surface area (Å²) in [5.41, 5.74) is 6.44. The third-order valence-corrected chi connectivity index (χ3v) is 2.16. The van der Waals surface area contributed by atoms with Gasteiger partial charge in [-0.15, -0.1) is 0 Å². The van der Waals surface area contributed by atoms with Crippen molar-refractivity contribution >= 4 is 11.7 Å². The van der Waals surface area contributed by atoms with Crippen molar-refractivity contribution in [2.24, 2.45) is 0 Å². The molecule has 0 saturated carbocycles. The molecule has 5 nitrogen and oxygen atoms in total. The van der Waals surface area contributed by atoms with Crippen molar-refractivity contribution in [2.75, 3.05) is 5.73 Å². The molecule has 0 aliphatic carbocycles. The van der Waals surface area contributed by atoms with Crippen LogP contribution in [0.25, 0.3) is 0 Å². The molecule has 16 heavy (non-hydrogen) atoms. The highest BCUT2D eigenvalue weighted by atomic mass is 15.0. The van der Waals surface area contributed by atoms with Crippen LogP contribution in [-0.4, -0.2) is 15.4 Å². The second-order valence-electron chi connectivity index (χ2n) is 3.27. The first-order chi connectivity index (χ1) is 7.68. The molecule has 2 aromatic rings. The molecular weight excluding hydrogens is 202 g/mol. The van der Waals surface area contributed by atoms with E-state index in [1.54, 1.807) is 42.7 Å². The highest BCUT2D eigenvalue weighted by Gasteiger charge is 2.04. The molecule has 0 saturated heterocycles. The number of anilines is 1. The fraction of sp³-hybridized carbons (Fsp3) is 0. The van der Waals surface area contributed by atoms with E-state index in [1.165, 1.54) is 4.57 Å². The summed E-state index contributed by atoms with van der Waals surface area (Å²) >= 11 is 0. The Morgan fingerprint density at radius 2 is 2.12 bits per heavy atom. The number of pyridine rings is 2. The molecule has 0 bridgehead atoms. The first-order valence-corrected chi connectivity index (χ1v) is 4.71. The predicted octanol–water partition coefficient (Wildman–Crippen LogP) is 0.818. The largest absolute Gasteiger partial charge is 0.384 e. The Bertz CT molecular complexity index is 585. The van der Waals surface area contributed by atoms with Crippen molar-refractivity contribution in [1.29, 1.82) is 10.8 Å². The zero-order chi connectivity index (χ0) is 11.5. The Morgan fingerprint density at radius 3 is 2.81 bits per heavy atom. The number of hydrogen-bond acceptors (Lipinski definition) is 4. The normalized spacial score (nSPS) is 10.0. The maximum absolute atomic E-state index is 7.97. The molecule has 0 aromatic carbocycles. The summed E-state index contributed by atoms with van der Waals surface area (Å²) in [6.45, 7) is 0. The average molecular weight is 213 g/mol. The molecule has 0 fully saturated rings. The highest BCUT2D eigenvalue weighted by Crippen LogP contribution is 2.04. The molecule has 0 radical (unpaired) electrons. The van der Waals surface area contributed by atoms with Gasteiger partial charge in [0.15, 0.2) is 0 Å². The van der Waals surface area contributed by atoms with Crippen LogP contribution in [0.15, 0.2) is 42.7 Å². The lowest BCUT2D eigenvalue weighted by atomic mass is 10.2. The van der Waals surface area contributed by atoms with Crippen molar-refractivity contribution in [3.8, 4) is 0 Å². The minimum absolute atomic E-state index is 0.208. The Kier molecular flexibility index (Phi) is 2.51. The van der Waals surface area contributed by atoms with Crippen LogP contribution in [0, 0.1) is 10.8 Å². The number of nitrogens with one attached hydrogen (secondary N) is 2. The molecule has 2 heterocycles. The van der Waals surface area contributed by atoms with Gasteiger partial charge >= 0.3 is 0 Å². The van der Waals surface area contributed by atoms with E-state index in [9.17, 15) is 0 Å². The van der Waals surface area contributed by atoms with E-state index in [-0.39, 0.29) is 11.3 Å². The molecule has 2 aromatic heterocycles. The summed E-state index contributed by atoms with van der Waals surface area (Å²) in [4.78, 5) is 3.86. The van der Waals surface area contributed by atoms with Crippen LogP contribution in [0.1, 0.15) is 5.56 Å². The van der Waals surface area contributed by atoms with Gasteiger partial charge in [-0.05, 0) is 24.3 Å². The SMILES string of the molecule is N=C(c1ccnc(N)c1)n1ccccc1=N. The van der Waals surface area contributed by atoms with E-state index in [0.717, 1.165) is 0 Å². The van der Waals surface area contributed by atoms with Gasteiger partial charge in [0.25, 0.3) is 0 Å². The Morgan fingerprint density at radius 1 is 1.31 bits per heavy atom. The van der Waals surface area contributed by atoms with Crippen LogP contribution in [0.4, 0.5) is 5.82 Å². The summed E-state index contributed by atoms with van der Waals surface area (Å²) in [5.74, 6) is 0.574. The van der Waals surface area contributed by atoms with Crippen molar-refractivity contribution in [2.45, 2.75) is 0 Å². The highest BCUT2D eigenvalue weighted by molar-refractivity contribution is 5.98. The maximum Gasteiger partial charge on any atom is 0.138 e. The monoisotopic (exact) mass is 213 g/mol. The summed E-state index contributed by atoms with van der Waals surface area (Å²) in [6, 6.07) is 8.46. The zero-order valence-electron chi connectivity index (χ0n) is 8.51. The van der Waals surface area contributed by atoms with Crippen LogP contribution in [-0.2, 0) is 0 Å². The van der Waals surface area contributed by atoms with Gasteiger partial charge in [0.1, 0.15) is 17.1 Å². The van der Waals surface area contributed by atoms with Crippen molar-refractivity contribution in [1.82, 2.24) is 9.55 Å². The predicted molar refractivity (Wildman–Crippen MR) is 61.2 cm³/mol. The summed E-state index contributed by atoms with van der Waals surface area (Å²) in [6.07, 6.45) is 3.22. The minimum atomic E-state index is 0.208. The molecule has 0 unspecified atom stereocenters. The number of nitrogen functional groups attached to an aromatic ring is 1. The fourth-order valence-corrected chi connectivity index (χ4v) is 1.37. The second-order valence-corrected chi connectivity index (χ2v) is 3.27. The number of nitrogens with zero attached hydrogens (tertiary/aromatic N) is 2. The van der Waals surface area contributed by atoms with E-state index < -0.39 is 0 Å². The standard InChI is InChI=1S/C11H11N5/c12-9-7-8(4-5-15-9)11(14)16-6-2-1-3-10(16)13/h1-7,13-14H,(H2,12,15). The molecule has 0 aliphatic heterocycles. The Hall–Kier alpha value is -2.43. The van der Waals surface area contributed by atoms with Gasteiger partial charge in [-0.2, -0.15) is 0 Å². The number of nitrogens with two attached hydrogens (primary N) is 1. The first kappa shape index (κ1) is 10.1. The molecular formula is C11H11N5. The Labute approximate surface area is 92.2 Å². The molecule has 0 atom stereocenters. The van der Waals surface area contributed by atoms with E-state index in [2.05, 4.69) is 4.98 Å². The number of rotatable bonds is 1. The number of aromatic nitrogens is 2.